The van der Waals surface area contributed by atoms with Crippen molar-refractivity contribution in [2.24, 2.45) is 5.92 Å². The van der Waals surface area contributed by atoms with Gasteiger partial charge in [0.15, 0.2) is 0 Å². The number of aliphatic hydroxyl groups is 2. The van der Waals surface area contributed by atoms with E-state index < -0.39 is 16.8 Å². The summed E-state index contributed by atoms with van der Waals surface area (Å²) in [5, 5.41) is 22.8. The number of hydrogen-bond donors (Lipinski definition) is 2. The molecule has 0 aromatic carbocycles. The lowest BCUT2D eigenvalue weighted by Gasteiger charge is -2.25. The van der Waals surface area contributed by atoms with Gasteiger partial charge in [0.05, 0.1) is 6.10 Å². The molecule has 2 N–H and O–H groups in total. The van der Waals surface area contributed by atoms with Crippen LogP contribution in [0.5, 0.6) is 0 Å². The van der Waals surface area contributed by atoms with Gasteiger partial charge in [0.25, 0.3) is 0 Å². The largest absolute Gasteiger partial charge is 0.386 e. The minimum Gasteiger partial charge on any atom is -0.386 e. The smallest absolute Gasteiger partial charge is 0.131 e. The Bertz CT molecular complexity index is 425. The highest BCUT2D eigenvalue weighted by atomic mass is 16.6. The number of hydrogen-bond acceptors (Lipinski definition) is 3. The molecule has 4 rings (SSSR count). The third-order valence-electron chi connectivity index (χ3n) is 7.18. The Morgan fingerprint density at radius 3 is 2.05 bits per heavy atom. The lowest BCUT2D eigenvalue weighted by molar-refractivity contribution is -0.0405. The SMILES string of the molecule is OC12CCCCCCCC1C2(O)C12CCCCCCCC1O2. The number of ether oxygens (including phenoxy) is 1. The Labute approximate surface area is 134 Å². The number of rotatable bonds is 1. The van der Waals surface area contributed by atoms with Crippen LogP contribution in [0.2, 0.25) is 0 Å². The van der Waals surface area contributed by atoms with Crippen LogP contribution in [0.15, 0.2) is 0 Å². The maximum atomic E-state index is 11.5. The lowest BCUT2D eigenvalue weighted by Crippen LogP contribution is -2.43. The summed E-state index contributed by atoms with van der Waals surface area (Å²) in [5.74, 6) is 0.0591. The van der Waals surface area contributed by atoms with Gasteiger partial charge in [-0.2, -0.15) is 0 Å². The van der Waals surface area contributed by atoms with Gasteiger partial charge >= 0.3 is 0 Å². The van der Waals surface area contributed by atoms with Crippen LogP contribution in [0.1, 0.15) is 89.9 Å². The highest BCUT2D eigenvalue weighted by molar-refractivity contribution is 5.38. The molecule has 0 radical (unpaired) electrons. The van der Waals surface area contributed by atoms with E-state index in [1.165, 1.54) is 44.9 Å². The minimum atomic E-state index is -0.952. The van der Waals surface area contributed by atoms with Gasteiger partial charge in [0.2, 0.25) is 0 Å². The molecule has 3 nitrogen and oxygen atoms in total. The first-order chi connectivity index (χ1) is 10.7. The van der Waals surface area contributed by atoms with E-state index in [0.717, 1.165) is 44.9 Å². The molecule has 3 heteroatoms. The first-order valence-electron chi connectivity index (χ1n) is 9.78. The van der Waals surface area contributed by atoms with Crippen LogP contribution >= 0.6 is 0 Å². The Morgan fingerprint density at radius 1 is 0.682 bits per heavy atom. The quantitative estimate of drug-likeness (QED) is 0.726. The molecule has 0 amide bonds. The summed E-state index contributed by atoms with van der Waals surface area (Å²) in [6.07, 6.45) is 16.1. The van der Waals surface area contributed by atoms with Crippen molar-refractivity contribution in [2.45, 2.75) is 113 Å². The van der Waals surface area contributed by atoms with E-state index >= 15 is 0 Å². The molecule has 3 aliphatic carbocycles. The molecule has 5 unspecified atom stereocenters. The van der Waals surface area contributed by atoms with Crippen LogP contribution in [-0.4, -0.2) is 33.1 Å². The summed E-state index contributed by atoms with van der Waals surface area (Å²) >= 11 is 0. The topological polar surface area (TPSA) is 53.0 Å². The zero-order valence-electron chi connectivity index (χ0n) is 13.9. The summed E-state index contributed by atoms with van der Waals surface area (Å²) in [6.45, 7) is 0. The molecule has 1 heterocycles. The zero-order chi connectivity index (χ0) is 15.3. The molecule has 126 valence electrons. The second-order valence-electron chi connectivity index (χ2n) is 8.35. The molecular weight excluding hydrogens is 276 g/mol. The van der Waals surface area contributed by atoms with Gasteiger partial charge in [-0.15, -0.1) is 0 Å². The molecule has 0 bridgehead atoms. The molecule has 4 aliphatic rings. The van der Waals surface area contributed by atoms with E-state index in [4.69, 9.17) is 4.74 Å². The van der Waals surface area contributed by atoms with Crippen molar-refractivity contribution in [3.63, 3.8) is 0 Å². The van der Waals surface area contributed by atoms with Crippen molar-refractivity contribution in [1.82, 2.24) is 0 Å². The van der Waals surface area contributed by atoms with Crippen molar-refractivity contribution in [3.05, 3.63) is 0 Å². The molecule has 1 saturated heterocycles. The predicted octanol–water partition coefficient (Wildman–Crippen LogP) is 3.70. The fourth-order valence-electron chi connectivity index (χ4n) is 5.84. The highest BCUT2D eigenvalue weighted by Gasteiger charge is 2.88. The molecular formula is C19H32O3. The second kappa shape index (κ2) is 5.46. The van der Waals surface area contributed by atoms with Crippen molar-refractivity contribution >= 4 is 0 Å². The van der Waals surface area contributed by atoms with Crippen molar-refractivity contribution < 1.29 is 14.9 Å². The average molecular weight is 308 g/mol. The molecule has 3 saturated carbocycles. The van der Waals surface area contributed by atoms with E-state index in [9.17, 15) is 10.2 Å². The molecule has 0 aromatic heterocycles. The molecule has 4 fully saturated rings. The Kier molecular flexibility index (Phi) is 3.82. The van der Waals surface area contributed by atoms with Gasteiger partial charge in [-0.3, -0.25) is 0 Å². The van der Waals surface area contributed by atoms with Crippen molar-refractivity contribution in [3.8, 4) is 0 Å². The van der Waals surface area contributed by atoms with Crippen molar-refractivity contribution in [1.29, 1.82) is 0 Å². The van der Waals surface area contributed by atoms with E-state index in [0.29, 0.717) is 0 Å². The first-order valence-corrected chi connectivity index (χ1v) is 9.78. The third kappa shape index (κ3) is 2.04. The van der Waals surface area contributed by atoms with E-state index in [1.807, 2.05) is 0 Å². The second-order valence-corrected chi connectivity index (χ2v) is 8.35. The van der Waals surface area contributed by atoms with Gasteiger partial charge in [0, 0.05) is 5.92 Å². The van der Waals surface area contributed by atoms with Gasteiger partial charge < -0.3 is 14.9 Å². The summed E-state index contributed by atoms with van der Waals surface area (Å²) in [4.78, 5) is 0. The Balaban J connectivity index is 1.57. The van der Waals surface area contributed by atoms with E-state index in [1.54, 1.807) is 0 Å². The Morgan fingerprint density at radius 2 is 1.27 bits per heavy atom. The van der Waals surface area contributed by atoms with Crippen LogP contribution in [0.4, 0.5) is 0 Å². The van der Waals surface area contributed by atoms with Crippen molar-refractivity contribution in [2.75, 3.05) is 0 Å². The molecule has 1 aliphatic heterocycles. The molecule has 5 atom stereocenters. The normalized spacial score (nSPS) is 52.6. The number of epoxide rings is 1. The highest BCUT2D eigenvalue weighted by Crippen LogP contribution is 2.72. The summed E-state index contributed by atoms with van der Waals surface area (Å²) in [6, 6.07) is 0. The summed E-state index contributed by atoms with van der Waals surface area (Å²) in [5.41, 5.74) is -2.22. The number of fused-ring (bicyclic) bond motifs is 2. The first kappa shape index (κ1) is 15.4. The fraction of sp³-hybridized carbons (Fsp3) is 1.00. The predicted molar refractivity (Wildman–Crippen MR) is 85.6 cm³/mol. The molecule has 0 spiro atoms. The van der Waals surface area contributed by atoms with Crippen LogP contribution < -0.4 is 0 Å². The summed E-state index contributed by atoms with van der Waals surface area (Å²) < 4.78 is 6.17. The maximum absolute atomic E-state index is 11.5. The third-order valence-corrected chi connectivity index (χ3v) is 7.18. The average Bonchev–Trinajstić information content (AvgIpc) is 3.31. The van der Waals surface area contributed by atoms with E-state index in [2.05, 4.69) is 0 Å². The maximum Gasteiger partial charge on any atom is 0.131 e. The molecule has 22 heavy (non-hydrogen) atoms. The monoisotopic (exact) mass is 308 g/mol. The Hall–Kier alpha value is -0.120. The van der Waals surface area contributed by atoms with E-state index in [-0.39, 0.29) is 12.0 Å². The van der Waals surface area contributed by atoms with Crippen LogP contribution in [-0.2, 0) is 4.74 Å². The van der Waals surface area contributed by atoms with Crippen LogP contribution in [0, 0.1) is 5.92 Å². The van der Waals surface area contributed by atoms with Gasteiger partial charge in [0.1, 0.15) is 16.8 Å². The molecule has 0 aromatic rings. The zero-order valence-corrected chi connectivity index (χ0v) is 13.9. The van der Waals surface area contributed by atoms with Gasteiger partial charge in [-0.1, -0.05) is 64.2 Å². The summed E-state index contributed by atoms with van der Waals surface area (Å²) in [7, 11) is 0. The lowest BCUT2D eigenvalue weighted by atomic mass is 9.84. The van der Waals surface area contributed by atoms with Gasteiger partial charge in [-0.25, -0.2) is 0 Å². The van der Waals surface area contributed by atoms with Crippen LogP contribution in [0.25, 0.3) is 0 Å². The van der Waals surface area contributed by atoms with Crippen LogP contribution in [0.3, 0.4) is 0 Å². The standard InChI is InChI=1S/C19H32O3/c20-17-13-9-5-1-3-7-11-15(17)19(17,21)18-14-10-6-2-4-8-12-16(18)22-18/h15-16,20-21H,1-14H2. The fourth-order valence-corrected chi connectivity index (χ4v) is 5.84. The van der Waals surface area contributed by atoms with Gasteiger partial charge in [-0.05, 0) is 25.7 Å². The minimum absolute atomic E-state index is 0.0591.